The number of aryl methyl sites for hydroxylation is 1. The van der Waals surface area contributed by atoms with Crippen molar-refractivity contribution in [1.29, 1.82) is 0 Å². The van der Waals surface area contributed by atoms with Crippen molar-refractivity contribution >= 4 is 44.5 Å². The Morgan fingerprint density at radius 1 is 0.921 bits per heavy atom. The lowest BCUT2D eigenvalue weighted by Crippen LogP contribution is -2.45. The molecule has 0 atom stereocenters. The predicted molar refractivity (Wildman–Crippen MR) is 148 cm³/mol. The van der Waals surface area contributed by atoms with E-state index in [4.69, 9.17) is 0 Å². The van der Waals surface area contributed by atoms with Gasteiger partial charge in [0.25, 0.3) is 0 Å². The van der Waals surface area contributed by atoms with Gasteiger partial charge in [-0.2, -0.15) is 4.98 Å². The third-order valence-electron chi connectivity index (χ3n) is 6.25. The van der Waals surface area contributed by atoms with Crippen molar-refractivity contribution in [2.45, 2.75) is 32.4 Å². The molecule has 1 saturated heterocycles. The normalized spacial score (nSPS) is 14.9. The largest absolute Gasteiger partial charge is 0.364 e. The average molecular weight is 546 g/mol. The van der Waals surface area contributed by atoms with Crippen LogP contribution in [0.5, 0.6) is 0 Å². The zero-order valence-electron chi connectivity index (χ0n) is 22.1. The van der Waals surface area contributed by atoms with Crippen molar-refractivity contribution in [2.75, 3.05) is 53.5 Å². The van der Waals surface area contributed by atoms with Crippen LogP contribution >= 0.6 is 0 Å². The first-order valence-corrected chi connectivity index (χ1v) is 13.7. The number of rotatable bonds is 7. The predicted octanol–water partition coefficient (Wildman–Crippen LogP) is 4.84. The standard InChI is InChI=1S/C26H33F2N7O2S/c1-17-16-29-25(31-20-14-21(27)23(22(28)15-20)35-11-9-34(5)10-12-35)32-24(17)30-18-7-6-8-19(13-18)33-38(36,37)26(2,3)4/h6-8,13-16,33H,9-12H2,1-5H3,(H2,29,30,31,32). The SMILES string of the molecule is Cc1cnc(Nc2cc(F)c(N3CCN(C)CC3)c(F)c2)nc1Nc1cccc(NS(=O)(=O)C(C)(C)C)c1. The number of anilines is 6. The van der Waals surface area contributed by atoms with E-state index in [1.807, 2.05) is 14.0 Å². The summed E-state index contributed by atoms with van der Waals surface area (Å²) >= 11 is 0. The molecule has 0 bridgehead atoms. The number of hydrogen-bond acceptors (Lipinski definition) is 8. The summed E-state index contributed by atoms with van der Waals surface area (Å²) in [6, 6.07) is 9.26. The van der Waals surface area contributed by atoms with Crippen molar-refractivity contribution in [3.63, 3.8) is 0 Å². The zero-order chi connectivity index (χ0) is 27.7. The average Bonchev–Trinajstić information content (AvgIpc) is 2.81. The minimum absolute atomic E-state index is 0.0298. The highest BCUT2D eigenvalue weighted by Crippen LogP contribution is 2.30. The first kappa shape index (κ1) is 27.5. The van der Waals surface area contributed by atoms with Gasteiger partial charge >= 0.3 is 0 Å². The second-order valence-electron chi connectivity index (χ2n) is 10.4. The lowest BCUT2D eigenvalue weighted by Gasteiger charge is -2.34. The minimum Gasteiger partial charge on any atom is -0.364 e. The van der Waals surface area contributed by atoms with Crippen LogP contribution in [0.25, 0.3) is 0 Å². The molecule has 1 fully saturated rings. The van der Waals surface area contributed by atoms with Crippen LogP contribution in [0.4, 0.5) is 43.3 Å². The quantitative estimate of drug-likeness (QED) is 0.388. The fourth-order valence-corrected chi connectivity index (χ4v) is 4.58. The summed E-state index contributed by atoms with van der Waals surface area (Å²) in [5.74, 6) is -0.712. The third-order valence-corrected chi connectivity index (χ3v) is 8.36. The molecule has 3 aromatic rings. The van der Waals surface area contributed by atoms with E-state index in [0.717, 1.165) is 18.7 Å². The molecule has 4 rings (SSSR count). The molecule has 1 aliphatic heterocycles. The Morgan fingerprint density at radius 2 is 1.55 bits per heavy atom. The first-order chi connectivity index (χ1) is 17.8. The molecule has 1 aromatic heterocycles. The van der Waals surface area contributed by atoms with Crippen molar-refractivity contribution < 1.29 is 17.2 Å². The highest BCUT2D eigenvalue weighted by Gasteiger charge is 2.29. The number of nitrogens with one attached hydrogen (secondary N) is 3. The summed E-state index contributed by atoms with van der Waals surface area (Å²) in [4.78, 5) is 12.5. The lowest BCUT2D eigenvalue weighted by atomic mass is 10.2. The first-order valence-electron chi connectivity index (χ1n) is 12.2. The molecule has 0 aliphatic carbocycles. The molecular formula is C26H33F2N7O2S. The monoisotopic (exact) mass is 545 g/mol. The van der Waals surface area contributed by atoms with Gasteiger partial charge < -0.3 is 20.4 Å². The lowest BCUT2D eigenvalue weighted by molar-refractivity contribution is 0.310. The molecule has 2 heterocycles. The third kappa shape index (κ3) is 6.30. The van der Waals surface area contributed by atoms with Crippen molar-refractivity contribution in [1.82, 2.24) is 14.9 Å². The van der Waals surface area contributed by atoms with Gasteiger partial charge in [0, 0.05) is 49.3 Å². The minimum atomic E-state index is -3.59. The Morgan fingerprint density at radius 3 is 2.18 bits per heavy atom. The number of likely N-dealkylation sites (N-methyl/N-ethyl adjacent to an activating group) is 1. The molecule has 0 saturated carbocycles. The van der Waals surface area contributed by atoms with Crippen LogP contribution in [-0.2, 0) is 10.0 Å². The van der Waals surface area contributed by atoms with Crippen molar-refractivity contribution in [3.05, 3.63) is 59.8 Å². The number of sulfonamides is 1. The van der Waals surface area contributed by atoms with E-state index in [2.05, 4.69) is 30.2 Å². The molecule has 2 aromatic carbocycles. The van der Waals surface area contributed by atoms with Crippen LogP contribution in [0.15, 0.2) is 42.6 Å². The van der Waals surface area contributed by atoms with Gasteiger partial charge in [0.2, 0.25) is 16.0 Å². The van der Waals surface area contributed by atoms with Crippen LogP contribution in [0.1, 0.15) is 26.3 Å². The van der Waals surface area contributed by atoms with Gasteiger partial charge in [-0.3, -0.25) is 4.72 Å². The fraction of sp³-hybridized carbons (Fsp3) is 0.385. The molecule has 0 unspecified atom stereocenters. The number of hydrogen-bond donors (Lipinski definition) is 3. The summed E-state index contributed by atoms with van der Waals surface area (Å²) < 4.78 is 56.5. The molecule has 9 nitrogen and oxygen atoms in total. The Bertz CT molecular complexity index is 1400. The van der Waals surface area contributed by atoms with E-state index < -0.39 is 26.4 Å². The molecule has 0 spiro atoms. The van der Waals surface area contributed by atoms with E-state index >= 15 is 0 Å². The zero-order valence-corrected chi connectivity index (χ0v) is 23.0. The molecule has 1 aliphatic rings. The molecule has 0 radical (unpaired) electrons. The summed E-state index contributed by atoms with van der Waals surface area (Å²) in [6.07, 6.45) is 1.58. The molecular weight excluding hydrogens is 512 g/mol. The number of halogens is 2. The Kier molecular flexibility index (Phi) is 7.75. The van der Waals surface area contributed by atoms with Gasteiger partial charge in [-0.1, -0.05) is 6.07 Å². The van der Waals surface area contributed by atoms with Gasteiger partial charge in [0.1, 0.15) is 11.5 Å². The van der Waals surface area contributed by atoms with Gasteiger partial charge in [0.15, 0.2) is 11.6 Å². The summed E-state index contributed by atoms with van der Waals surface area (Å²) in [5.41, 5.74) is 1.88. The van der Waals surface area contributed by atoms with E-state index in [1.165, 1.54) is 12.1 Å². The summed E-state index contributed by atoms with van der Waals surface area (Å²) in [5, 5.41) is 6.03. The van der Waals surface area contributed by atoms with E-state index in [1.54, 1.807) is 56.1 Å². The molecule has 12 heteroatoms. The van der Waals surface area contributed by atoms with E-state index in [-0.39, 0.29) is 17.3 Å². The molecule has 38 heavy (non-hydrogen) atoms. The number of aromatic nitrogens is 2. The fourth-order valence-electron chi connectivity index (χ4n) is 3.83. The topological polar surface area (TPSA) is 102 Å². The molecule has 0 amide bonds. The van der Waals surface area contributed by atoms with Crippen molar-refractivity contribution in [3.8, 4) is 0 Å². The van der Waals surface area contributed by atoms with Gasteiger partial charge in [-0.15, -0.1) is 0 Å². The highest BCUT2D eigenvalue weighted by molar-refractivity contribution is 7.94. The van der Waals surface area contributed by atoms with E-state index in [0.29, 0.717) is 30.3 Å². The van der Waals surface area contributed by atoms with E-state index in [9.17, 15) is 17.2 Å². The van der Waals surface area contributed by atoms with Crippen LogP contribution in [0.3, 0.4) is 0 Å². The highest BCUT2D eigenvalue weighted by atomic mass is 32.2. The molecule has 204 valence electrons. The number of piperazine rings is 1. The van der Waals surface area contributed by atoms with Gasteiger partial charge in [-0.05, 0) is 65.1 Å². The molecule has 3 N–H and O–H groups in total. The van der Waals surface area contributed by atoms with Crippen LogP contribution in [-0.4, -0.2) is 61.3 Å². The van der Waals surface area contributed by atoms with Crippen LogP contribution < -0.4 is 20.3 Å². The second-order valence-corrected chi connectivity index (χ2v) is 12.8. The van der Waals surface area contributed by atoms with Crippen LogP contribution in [0.2, 0.25) is 0 Å². The summed E-state index contributed by atoms with van der Waals surface area (Å²) in [6.45, 7) is 9.23. The smallest absolute Gasteiger partial charge is 0.237 e. The number of nitrogens with zero attached hydrogens (tertiary/aromatic N) is 4. The Labute approximate surface area is 222 Å². The van der Waals surface area contributed by atoms with Gasteiger partial charge in [-0.25, -0.2) is 22.2 Å². The number of benzene rings is 2. The van der Waals surface area contributed by atoms with Crippen LogP contribution in [0, 0.1) is 18.6 Å². The summed E-state index contributed by atoms with van der Waals surface area (Å²) in [7, 11) is -1.61. The van der Waals surface area contributed by atoms with Crippen molar-refractivity contribution in [2.24, 2.45) is 0 Å². The van der Waals surface area contributed by atoms with Gasteiger partial charge in [0.05, 0.1) is 10.4 Å². The second kappa shape index (κ2) is 10.7. The Hall–Kier alpha value is -3.51. The maximum Gasteiger partial charge on any atom is 0.237 e. The Balaban J connectivity index is 1.51. The maximum absolute atomic E-state index is 14.9. The maximum atomic E-state index is 14.9.